The van der Waals surface area contributed by atoms with Crippen LogP contribution in [0.3, 0.4) is 0 Å². The van der Waals surface area contributed by atoms with Gasteiger partial charge >= 0.3 is 13.6 Å². The Kier molecular flexibility index (Phi) is 4.68. The first-order valence-electron chi connectivity index (χ1n) is 4.72. The fourth-order valence-corrected chi connectivity index (χ4v) is 2.28. The standard InChI is InChI=1S/C10H13O5P/c11-10(12)6-7-15-16(13,14)8-9-4-2-1-3-5-9/h1-5H,6-8H2,(H,11,12)(H,13,14). The zero-order valence-corrected chi connectivity index (χ0v) is 9.47. The molecule has 16 heavy (non-hydrogen) atoms. The lowest BCUT2D eigenvalue weighted by molar-refractivity contribution is -0.137. The van der Waals surface area contributed by atoms with Crippen molar-refractivity contribution in [2.75, 3.05) is 6.61 Å². The molecule has 1 unspecified atom stereocenters. The van der Waals surface area contributed by atoms with Crippen LogP contribution < -0.4 is 0 Å². The van der Waals surface area contributed by atoms with Gasteiger partial charge in [-0.05, 0) is 5.56 Å². The molecule has 1 rings (SSSR count). The van der Waals surface area contributed by atoms with Gasteiger partial charge in [0.1, 0.15) is 0 Å². The van der Waals surface area contributed by atoms with Gasteiger partial charge in [0.05, 0.1) is 19.2 Å². The third-order valence-corrected chi connectivity index (χ3v) is 3.18. The maximum atomic E-state index is 11.5. The Balaban J connectivity index is 2.46. The normalized spacial score (nSPS) is 14.3. The van der Waals surface area contributed by atoms with E-state index < -0.39 is 13.6 Å². The molecule has 6 heteroatoms. The smallest absolute Gasteiger partial charge is 0.332 e. The number of carboxylic acids is 1. The van der Waals surface area contributed by atoms with Crippen LogP contribution in [0.5, 0.6) is 0 Å². The monoisotopic (exact) mass is 244 g/mol. The predicted octanol–water partition coefficient (Wildman–Crippen LogP) is 1.86. The van der Waals surface area contributed by atoms with E-state index in [9.17, 15) is 14.3 Å². The molecular formula is C10H13O5P. The largest absolute Gasteiger partial charge is 0.481 e. The van der Waals surface area contributed by atoms with Gasteiger partial charge in [-0.1, -0.05) is 30.3 Å². The Labute approximate surface area is 93.2 Å². The number of carboxylic acid groups (broad SMARTS) is 1. The number of hydrogen-bond acceptors (Lipinski definition) is 3. The molecule has 5 nitrogen and oxygen atoms in total. The zero-order chi connectivity index (χ0) is 12.0. The van der Waals surface area contributed by atoms with E-state index in [4.69, 9.17) is 5.11 Å². The van der Waals surface area contributed by atoms with Crippen LogP contribution in [0.4, 0.5) is 0 Å². The van der Waals surface area contributed by atoms with E-state index >= 15 is 0 Å². The fourth-order valence-electron chi connectivity index (χ4n) is 1.14. The Bertz CT molecular complexity index is 389. The maximum Gasteiger partial charge on any atom is 0.332 e. The molecule has 88 valence electrons. The average Bonchev–Trinajstić information content (AvgIpc) is 2.17. The van der Waals surface area contributed by atoms with Gasteiger partial charge in [0.2, 0.25) is 0 Å². The van der Waals surface area contributed by atoms with Crippen molar-refractivity contribution in [1.29, 1.82) is 0 Å². The second-order valence-electron chi connectivity index (χ2n) is 3.26. The van der Waals surface area contributed by atoms with Crippen molar-refractivity contribution in [3.05, 3.63) is 35.9 Å². The van der Waals surface area contributed by atoms with E-state index in [1.807, 2.05) is 0 Å². The molecule has 0 amide bonds. The summed E-state index contributed by atoms with van der Waals surface area (Å²) in [4.78, 5) is 19.6. The van der Waals surface area contributed by atoms with Gasteiger partial charge in [0.15, 0.2) is 0 Å². The highest BCUT2D eigenvalue weighted by atomic mass is 31.2. The third-order valence-electron chi connectivity index (χ3n) is 1.83. The second-order valence-corrected chi connectivity index (χ2v) is 5.11. The number of rotatable bonds is 6. The minimum atomic E-state index is -3.73. The summed E-state index contributed by atoms with van der Waals surface area (Å²) in [6, 6.07) is 8.74. The Morgan fingerprint density at radius 1 is 1.31 bits per heavy atom. The van der Waals surface area contributed by atoms with Crippen LogP contribution >= 0.6 is 7.60 Å². The first kappa shape index (κ1) is 12.9. The number of carbonyl (C=O) groups is 1. The lowest BCUT2D eigenvalue weighted by atomic mass is 10.2. The minimum Gasteiger partial charge on any atom is -0.481 e. The van der Waals surface area contributed by atoms with E-state index in [0.717, 1.165) is 0 Å². The minimum absolute atomic E-state index is 0.104. The first-order chi connectivity index (χ1) is 7.49. The van der Waals surface area contributed by atoms with Crippen LogP contribution in [-0.2, 0) is 20.0 Å². The molecule has 0 bridgehead atoms. The van der Waals surface area contributed by atoms with Crippen LogP contribution in [0.2, 0.25) is 0 Å². The number of benzene rings is 1. The van der Waals surface area contributed by atoms with Crippen LogP contribution in [0.15, 0.2) is 30.3 Å². The summed E-state index contributed by atoms with van der Waals surface area (Å²) in [7, 11) is -3.73. The molecular weight excluding hydrogens is 231 g/mol. The maximum absolute atomic E-state index is 11.5. The summed E-state index contributed by atoms with van der Waals surface area (Å²) < 4.78 is 16.2. The van der Waals surface area contributed by atoms with Crippen LogP contribution in [0.25, 0.3) is 0 Å². The van der Waals surface area contributed by atoms with Gasteiger partial charge in [-0.2, -0.15) is 0 Å². The van der Waals surface area contributed by atoms with Crippen LogP contribution in [-0.4, -0.2) is 22.6 Å². The topological polar surface area (TPSA) is 83.8 Å². The first-order valence-corrected chi connectivity index (χ1v) is 6.48. The molecule has 0 aliphatic heterocycles. The highest BCUT2D eigenvalue weighted by Gasteiger charge is 2.20. The SMILES string of the molecule is O=C(O)CCOP(=O)(O)Cc1ccccc1. The Hall–Kier alpha value is -1.16. The van der Waals surface area contributed by atoms with Gasteiger partial charge in [-0.15, -0.1) is 0 Å². The fraction of sp³-hybridized carbons (Fsp3) is 0.300. The molecule has 2 N–H and O–H groups in total. The van der Waals surface area contributed by atoms with Gasteiger partial charge in [-0.3, -0.25) is 9.36 Å². The van der Waals surface area contributed by atoms with E-state index in [1.54, 1.807) is 30.3 Å². The van der Waals surface area contributed by atoms with Crippen molar-refractivity contribution < 1.29 is 23.9 Å². The van der Waals surface area contributed by atoms with Crippen LogP contribution in [0.1, 0.15) is 12.0 Å². The predicted molar refractivity (Wildman–Crippen MR) is 58.2 cm³/mol. The van der Waals surface area contributed by atoms with Crippen LogP contribution in [0, 0.1) is 0 Å². The van der Waals surface area contributed by atoms with Gasteiger partial charge < -0.3 is 14.5 Å². The summed E-state index contributed by atoms with van der Waals surface area (Å²) in [5, 5.41) is 8.35. The van der Waals surface area contributed by atoms with E-state index in [0.29, 0.717) is 5.56 Å². The summed E-state index contributed by atoms with van der Waals surface area (Å²) in [5.74, 6) is -1.06. The molecule has 0 spiro atoms. The van der Waals surface area contributed by atoms with E-state index in [1.165, 1.54) is 0 Å². The third kappa shape index (κ3) is 5.07. The van der Waals surface area contributed by atoms with Gasteiger partial charge in [-0.25, -0.2) is 0 Å². The molecule has 0 aromatic heterocycles. The van der Waals surface area contributed by atoms with Gasteiger partial charge in [0, 0.05) is 0 Å². The molecule has 1 aromatic rings. The summed E-state index contributed by atoms with van der Waals surface area (Å²) in [5.41, 5.74) is 0.684. The quantitative estimate of drug-likeness (QED) is 0.746. The van der Waals surface area contributed by atoms with Crippen molar-refractivity contribution in [3.8, 4) is 0 Å². The molecule has 1 aromatic carbocycles. The average molecular weight is 244 g/mol. The summed E-state index contributed by atoms with van der Waals surface area (Å²) in [6.45, 7) is -0.254. The molecule has 0 aliphatic carbocycles. The van der Waals surface area contributed by atoms with Crippen molar-refractivity contribution in [1.82, 2.24) is 0 Å². The zero-order valence-electron chi connectivity index (χ0n) is 8.57. The Morgan fingerprint density at radius 3 is 2.50 bits per heavy atom. The number of aliphatic carboxylic acids is 1. The van der Waals surface area contributed by atoms with Crippen molar-refractivity contribution in [2.24, 2.45) is 0 Å². The Morgan fingerprint density at radius 2 is 1.94 bits per heavy atom. The van der Waals surface area contributed by atoms with Crippen molar-refractivity contribution in [3.63, 3.8) is 0 Å². The number of hydrogen-bond donors (Lipinski definition) is 2. The molecule has 0 saturated heterocycles. The molecule has 0 saturated carbocycles. The lowest BCUT2D eigenvalue weighted by Gasteiger charge is -2.11. The molecule has 0 radical (unpaired) electrons. The summed E-state index contributed by atoms with van der Waals surface area (Å²) in [6.07, 6.45) is -0.382. The molecule has 0 heterocycles. The lowest BCUT2D eigenvalue weighted by Crippen LogP contribution is -2.02. The molecule has 0 aliphatic rings. The molecule has 1 atom stereocenters. The highest BCUT2D eigenvalue weighted by Crippen LogP contribution is 2.45. The van der Waals surface area contributed by atoms with E-state index in [-0.39, 0.29) is 19.2 Å². The molecule has 0 fully saturated rings. The van der Waals surface area contributed by atoms with Crippen molar-refractivity contribution >= 4 is 13.6 Å². The van der Waals surface area contributed by atoms with Crippen molar-refractivity contribution in [2.45, 2.75) is 12.6 Å². The second kappa shape index (κ2) is 5.80. The van der Waals surface area contributed by atoms with Gasteiger partial charge in [0.25, 0.3) is 0 Å². The van der Waals surface area contributed by atoms with E-state index in [2.05, 4.69) is 4.52 Å². The summed E-state index contributed by atoms with van der Waals surface area (Å²) >= 11 is 0. The highest BCUT2D eigenvalue weighted by molar-refractivity contribution is 7.51.